The van der Waals surface area contributed by atoms with E-state index in [9.17, 15) is 9.18 Å². The number of nitrogens with zero attached hydrogens (tertiary/aromatic N) is 4. The molecule has 2 rings (SSSR count). The Morgan fingerprint density at radius 2 is 2.10 bits per heavy atom. The van der Waals surface area contributed by atoms with Crippen LogP contribution in [0.4, 0.5) is 10.2 Å². The molecule has 0 bridgehead atoms. The summed E-state index contributed by atoms with van der Waals surface area (Å²) < 4.78 is 14.1. The fraction of sp³-hybridized carbons (Fsp3) is 0.154. The van der Waals surface area contributed by atoms with Crippen molar-refractivity contribution < 1.29 is 14.0 Å². The summed E-state index contributed by atoms with van der Waals surface area (Å²) in [4.78, 5) is 16.8. The maximum absolute atomic E-state index is 12.9. The molecule has 21 heavy (non-hydrogen) atoms. The van der Waals surface area contributed by atoms with Gasteiger partial charge in [0.15, 0.2) is 5.69 Å². The van der Waals surface area contributed by atoms with Crippen molar-refractivity contribution in [3.05, 3.63) is 41.3 Å². The number of anilines is 1. The number of aromatic nitrogens is 2. The van der Waals surface area contributed by atoms with Gasteiger partial charge in [0.1, 0.15) is 23.3 Å². The monoisotopic (exact) mass is 289 g/mol. The van der Waals surface area contributed by atoms with Crippen molar-refractivity contribution in [3.8, 4) is 11.8 Å². The van der Waals surface area contributed by atoms with E-state index in [1.165, 1.54) is 43.1 Å². The number of nitrogen functional groups attached to an aromatic ring is 1. The normalized spacial score (nSPS) is 10.2. The van der Waals surface area contributed by atoms with Crippen LogP contribution in [0.2, 0.25) is 0 Å². The molecule has 1 aromatic heterocycles. The average molecular weight is 289 g/mol. The summed E-state index contributed by atoms with van der Waals surface area (Å²) in [6.45, 7) is 0. The van der Waals surface area contributed by atoms with Crippen molar-refractivity contribution in [1.82, 2.24) is 14.8 Å². The third-order valence-electron chi connectivity index (χ3n) is 2.87. The van der Waals surface area contributed by atoms with Gasteiger partial charge in [-0.1, -0.05) is 0 Å². The summed E-state index contributed by atoms with van der Waals surface area (Å²) in [7, 11) is 2.70. The molecule has 0 saturated heterocycles. The van der Waals surface area contributed by atoms with E-state index in [4.69, 9.17) is 15.8 Å². The molecule has 2 N–H and O–H groups in total. The first-order valence-electron chi connectivity index (χ1n) is 5.86. The molecule has 1 amide bonds. The van der Waals surface area contributed by atoms with Gasteiger partial charge in [-0.05, 0) is 24.3 Å². The minimum absolute atomic E-state index is 0.00281. The molecular formula is C13H12FN5O2. The van der Waals surface area contributed by atoms with Gasteiger partial charge in [0.05, 0.1) is 12.8 Å². The van der Waals surface area contributed by atoms with Gasteiger partial charge < -0.3 is 5.73 Å². The number of hydrogen-bond acceptors (Lipinski definition) is 5. The second-order valence-electron chi connectivity index (χ2n) is 4.09. The molecule has 7 nitrogen and oxygen atoms in total. The molecule has 0 saturated carbocycles. The lowest BCUT2D eigenvalue weighted by atomic mass is 10.2. The Morgan fingerprint density at radius 1 is 1.48 bits per heavy atom. The number of amides is 1. The van der Waals surface area contributed by atoms with Crippen molar-refractivity contribution in [3.63, 3.8) is 0 Å². The molecule has 0 atom stereocenters. The van der Waals surface area contributed by atoms with E-state index in [1.54, 1.807) is 0 Å². The van der Waals surface area contributed by atoms with Gasteiger partial charge in [0.2, 0.25) is 0 Å². The fourth-order valence-corrected chi connectivity index (χ4v) is 1.70. The highest BCUT2D eigenvalue weighted by atomic mass is 19.1. The van der Waals surface area contributed by atoms with Gasteiger partial charge in [-0.2, -0.15) is 10.4 Å². The molecule has 8 heteroatoms. The van der Waals surface area contributed by atoms with E-state index in [0.29, 0.717) is 5.69 Å². The number of nitriles is 1. The van der Waals surface area contributed by atoms with Gasteiger partial charge in [0, 0.05) is 7.05 Å². The number of rotatable bonds is 3. The van der Waals surface area contributed by atoms with Crippen LogP contribution in [0.1, 0.15) is 16.1 Å². The lowest BCUT2D eigenvalue weighted by molar-refractivity contribution is -0.0760. The number of carbonyl (C=O) groups is 1. The third kappa shape index (κ3) is 2.54. The average Bonchev–Trinajstić information content (AvgIpc) is 2.83. The highest BCUT2D eigenvalue weighted by Crippen LogP contribution is 2.21. The maximum atomic E-state index is 12.9. The molecule has 0 radical (unpaired) electrons. The second kappa shape index (κ2) is 5.60. The van der Waals surface area contributed by atoms with Crippen LogP contribution in [0, 0.1) is 17.1 Å². The molecule has 0 unspecified atom stereocenters. The Kier molecular flexibility index (Phi) is 3.86. The molecule has 0 spiro atoms. The van der Waals surface area contributed by atoms with Crippen LogP contribution in [0.25, 0.3) is 5.69 Å². The quantitative estimate of drug-likeness (QED) is 0.853. The first kappa shape index (κ1) is 14.5. The summed E-state index contributed by atoms with van der Waals surface area (Å²) in [5, 5.41) is 14.1. The summed E-state index contributed by atoms with van der Waals surface area (Å²) >= 11 is 0. The number of hydroxylamine groups is 2. The second-order valence-corrected chi connectivity index (χ2v) is 4.09. The van der Waals surface area contributed by atoms with E-state index in [-0.39, 0.29) is 17.1 Å². The molecule has 2 aromatic rings. The first-order chi connectivity index (χ1) is 9.99. The molecule has 1 heterocycles. The van der Waals surface area contributed by atoms with Crippen LogP contribution < -0.4 is 5.73 Å². The molecule has 1 aromatic carbocycles. The lowest BCUT2D eigenvalue weighted by Gasteiger charge is -2.11. The third-order valence-corrected chi connectivity index (χ3v) is 2.87. The van der Waals surface area contributed by atoms with E-state index in [1.807, 2.05) is 6.07 Å². The highest BCUT2D eigenvalue weighted by molar-refractivity contribution is 5.95. The largest absolute Gasteiger partial charge is 0.382 e. The van der Waals surface area contributed by atoms with Gasteiger partial charge in [-0.25, -0.2) is 14.1 Å². The van der Waals surface area contributed by atoms with E-state index >= 15 is 0 Å². The number of hydrogen-bond donors (Lipinski definition) is 1. The van der Waals surface area contributed by atoms with Gasteiger partial charge in [-0.15, -0.1) is 0 Å². The van der Waals surface area contributed by atoms with Crippen LogP contribution in [0.5, 0.6) is 0 Å². The van der Waals surface area contributed by atoms with Gasteiger partial charge in [0.25, 0.3) is 5.91 Å². The van der Waals surface area contributed by atoms with Gasteiger partial charge in [-0.3, -0.25) is 9.63 Å². The zero-order valence-corrected chi connectivity index (χ0v) is 11.4. The number of nitrogens with two attached hydrogens (primary N) is 1. The molecule has 0 fully saturated rings. The molecular weight excluding hydrogens is 277 g/mol. The number of carbonyl (C=O) groups excluding carboxylic acids is 1. The van der Waals surface area contributed by atoms with E-state index < -0.39 is 11.7 Å². The van der Waals surface area contributed by atoms with Crippen LogP contribution >= 0.6 is 0 Å². The van der Waals surface area contributed by atoms with Gasteiger partial charge >= 0.3 is 0 Å². The summed E-state index contributed by atoms with van der Waals surface area (Å²) in [5.74, 6) is -1.03. The van der Waals surface area contributed by atoms with Crippen LogP contribution in [-0.4, -0.2) is 34.9 Å². The zero-order valence-electron chi connectivity index (χ0n) is 11.4. The number of halogens is 1. The highest BCUT2D eigenvalue weighted by Gasteiger charge is 2.25. The summed E-state index contributed by atoms with van der Waals surface area (Å²) in [6.07, 6.45) is 0. The van der Waals surface area contributed by atoms with E-state index in [0.717, 1.165) is 5.06 Å². The smallest absolute Gasteiger partial charge is 0.299 e. The Balaban J connectivity index is 2.56. The van der Waals surface area contributed by atoms with Crippen molar-refractivity contribution in [2.45, 2.75) is 0 Å². The van der Waals surface area contributed by atoms with Crippen LogP contribution in [0.15, 0.2) is 24.3 Å². The van der Waals surface area contributed by atoms with Crippen LogP contribution in [-0.2, 0) is 4.84 Å². The minimum Gasteiger partial charge on any atom is -0.382 e. The zero-order chi connectivity index (χ0) is 15.6. The SMILES string of the molecule is CON(C)C(=O)c1nn(-c2ccc(F)cc2)c(N)c1C#N. The lowest BCUT2D eigenvalue weighted by Crippen LogP contribution is -2.26. The summed E-state index contributed by atoms with van der Waals surface area (Å²) in [5.41, 5.74) is 6.07. The predicted molar refractivity (Wildman–Crippen MR) is 71.8 cm³/mol. The predicted octanol–water partition coefficient (Wildman–Crippen LogP) is 1.10. The fourth-order valence-electron chi connectivity index (χ4n) is 1.70. The van der Waals surface area contributed by atoms with Crippen LogP contribution in [0.3, 0.4) is 0 Å². The summed E-state index contributed by atoms with van der Waals surface area (Å²) in [6, 6.07) is 7.17. The molecule has 0 aliphatic heterocycles. The first-order valence-corrected chi connectivity index (χ1v) is 5.86. The van der Waals surface area contributed by atoms with Crippen molar-refractivity contribution in [1.29, 1.82) is 5.26 Å². The Morgan fingerprint density at radius 3 is 2.62 bits per heavy atom. The minimum atomic E-state index is -0.610. The molecule has 0 aliphatic carbocycles. The van der Waals surface area contributed by atoms with Crippen molar-refractivity contribution in [2.24, 2.45) is 0 Å². The molecule has 0 aliphatic rings. The Hall–Kier alpha value is -2.92. The Bertz CT molecular complexity index is 717. The topological polar surface area (TPSA) is 97.2 Å². The van der Waals surface area contributed by atoms with E-state index in [2.05, 4.69) is 5.10 Å². The standard InChI is InChI=1S/C13H12FN5O2/c1-18(21-2)13(20)11-10(7-15)12(16)19(17-11)9-5-3-8(14)4-6-9/h3-6H,16H2,1-2H3. The maximum Gasteiger partial charge on any atom is 0.299 e. The Labute approximate surface area is 119 Å². The number of benzene rings is 1. The molecule has 108 valence electrons. The van der Waals surface area contributed by atoms with Crippen molar-refractivity contribution in [2.75, 3.05) is 19.9 Å². The van der Waals surface area contributed by atoms with Crippen molar-refractivity contribution >= 4 is 11.7 Å².